The van der Waals surface area contributed by atoms with Crippen molar-refractivity contribution in [3.8, 4) is 90.3 Å². The highest BCUT2D eigenvalue weighted by Crippen LogP contribution is 2.62. The molecule has 3 spiro atoms. The quantitative estimate of drug-likeness (QED) is 0.127. The monoisotopic (exact) mass is 1720 g/mol. The van der Waals surface area contributed by atoms with Gasteiger partial charge in [0.15, 0.2) is 0 Å². The molecular weight excluding hydrogens is 1660 g/mol. The molecule has 135 heavy (non-hydrogen) atoms. The summed E-state index contributed by atoms with van der Waals surface area (Å²) in [4.78, 5) is 26.9. The molecule has 40 rings (SSSR count). The third kappa shape index (κ3) is 6.25. The van der Waals surface area contributed by atoms with Gasteiger partial charge in [0.2, 0.25) is 34.2 Å². The molecule has 0 saturated carbocycles. The van der Waals surface area contributed by atoms with Crippen LogP contribution in [0.25, 0.3) is 243 Å². The molecule has 612 valence electrons. The number of imidazole rings is 2. The Balaban J connectivity index is 0.576. The minimum absolute atomic E-state index is 0.0280. The maximum Gasteiger partial charge on any atom is 0.554 e. The fourth-order valence-corrected chi connectivity index (χ4v) is 30.4. The summed E-state index contributed by atoms with van der Waals surface area (Å²) in [6.45, 7) is 0. The second-order valence-electron chi connectivity index (χ2n) is 40.1. The third-order valence-corrected chi connectivity index (χ3v) is 34.7. The largest absolute Gasteiger partial charge is 0.554 e. The molecule has 6 unspecified atom stereocenters. The molecule has 0 radical (unpaired) electrons. The second-order valence-corrected chi connectivity index (χ2v) is 40.1. The first kappa shape index (κ1) is 64.8. The van der Waals surface area contributed by atoms with Crippen LogP contribution < -0.4 is 27.4 Å². The lowest BCUT2D eigenvalue weighted by Crippen LogP contribution is -2.81. The molecule has 27 heterocycles. The number of nitrogens with one attached hydrogen (secondary N) is 2. The highest BCUT2D eigenvalue weighted by atomic mass is 15.6. The number of H-pyrrole nitrogens is 2. The maximum atomic E-state index is 6.20. The normalized spacial score (nSPS) is 17.5. The molecule has 27 aromatic rings. The van der Waals surface area contributed by atoms with Gasteiger partial charge in [0, 0.05) is 120 Å². The summed E-state index contributed by atoms with van der Waals surface area (Å²) in [5.41, 5.74) is 50.5. The number of hydrogen-bond acceptors (Lipinski definition) is 3. The van der Waals surface area contributed by atoms with Crippen LogP contribution in [0, 0.1) is 0 Å². The summed E-state index contributed by atoms with van der Waals surface area (Å²) in [7, 11) is 0. The molecule has 14 aromatic heterocycles. The van der Waals surface area contributed by atoms with Crippen LogP contribution in [0.15, 0.2) is 333 Å². The summed E-state index contributed by atoms with van der Waals surface area (Å²) in [5, 5.41) is 14.2. The average molecular weight is 1720 g/mol. The zero-order valence-corrected chi connectivity index (χ0v) is 71.3. The van der Waals surface area contributed by atoms with Crippen molar-refractivity contribution in [2.45, 2.75) is 41.9 Å². The number of aromatic amines is 2. The third-order valence-electron chi connectivity index (χ3n) is 34.7. The minimum atomic E-state index is -0.891. The van der Waals surface area contributed by atoms with E-state index in [1.54, 1.807) is 0 Å². The highest BCUT2D eigenvalue weighted by Gasteiger charge is 2.77. The maximum absolute atomic E-state index is 6.20. The summed E-state index contributed by atoms with van der Waals surface area (Å²) in [6, 6.07) is 126. The van der Waals surface area contributed by atoms with Crippen LogP contribution in [0.3, 0.4) is 0 Å². The Morgan fingerprint density at radius 3 is 0.859 bits per heavy atom. The lowest BCUT2D eigenvalue weighted by Gasteiger charge is -2.39. The Kier molecular flexibility index (Phi) is 9.70. The Morgan fingerprint density at radius 1 is 0.259 bits per heavy atom. The lowest BCUT2D eigenvalue weighted by atomic mass is 9.90. The number of pyridine rings is 6. The molecule has 13 aliphatic rings. The topological polar surface area (TPSA) is 123 Å². The molecule has 2 N–H and O–H groups in total. The van der Waals surface area contributed by atoms with Gasteiger partial charge in [-0.15, -0.1) is 0 Å². The van der Waals surface area contributed by atoms with Crippen LogP contribution >= 0.6 is 0 Å². The van der Waals surface area contributed by atoms with E-state index in [1.165, 1.54) is 217 Å². The predicted molar refractivity (Wildman–Crippen MR) is 519 cm³/mol. The molecule has 0 amide bonds. The number of nitrogens with zero attached hydrogens (tertiary/aromatic N) is 15. The number of aromatic nitrogens is 16. The summed E-state index contributed by atoms with van der Waals surface area (Å²) in [5.74, 6) is -1.22. The Morgan fingerprint density at radius 2 is 0.533 bits per heavy atom. The molecule has 13 aliphatic heterocycles. The van der Waals surface area contributed by atoms with Crippen molar-refractivity contribution in [3.63, 3.8) is 0 Å². The smallest absolute Gasteiger partial charge is 0.337 e. The van der Waals surface area contributed by atoms with E-state index in [-0.39, 0.29) is 17.8 Å². The Bertz CT molecular complexity index is 10200. The standard InChI is InChI=1S/C118H59N17/c1-4-16-56(17-5-1)94-88-49-59-22-10-28-69-82-40-34-68-80-55-81(119-97(80)75-35-41-83-70-29-11-23-60-50-89(94)131(103(60)70)116(130(88)102(59)69)124(82)108(68)109(75)125(83)116)65-46-66(114-120-98-76-36-42-84-71-30-12-24-61-51-90-95(57-18-6-2-7-19-57)91-52-62-25-13-31-72-85-43-37-77(99(98)121-114)111-110(76)126(84)117(127(85)111,132(90)104(61)71)133(91)105(62)72)48-67(47-65)115-122-100-78-38-44-86-73-32-14-26-63-53-92-96(58-20-8-3-9-21-58)93-54-64-27-15-33-74-87-45-39-79(101(100)123-115)113-112(78)128(86)118(129(87)113,134(92)106(63)73)135(93)107(64)74/h1-54,94-96H,55H2/q+4/p+2. The van der Waals surface area contributed by atoms with Crippen molar-refractivity contribution in [1.29, 1.82) is 0 Å². The highest BCUT2D eigenvalue weighted by molar-refractivity contribution is 6.24. The van der Waals surface area contributed by atoms with Gasteiger partial charge in [-0.1, -0.05) is 191 Å². The van der Waals surface area contributed by atoms with Crippen molar-refractivity contribution >= 4 is 164 Å². The number of benzene rings is 13. The van der Waals surface area contributed by atoms with E-state index in [9.17, 15) is 0 Å². The van der Waals surface area contributed by atoms with Crippen LogP contribution in [0.4, 0.5) is 5.69 Å². The van der Waals surface area contributed by atoms with Gasteiger partial charge in [0.1, 0.15) is 22.7 Å². The number of aliphatic imine (C=N–C) groups is 1. The van der Waals surface area contributed by atoms with Crippen molar-refractivity contribution in [2.24, 2.45) is 4.99 Å². The van der Waals surface area contributed by atoms with Gasteiger partial charge in [-0.25, -0.2) is 37.4 Å². The van der Waals surface area contributed by atoms with Crippen LogP contribution in [-0.4, -0.2) is 53.1 Å². The molecule has 6 atom stereocenters. The molecule has 17 nitrogen and oxygen atoms in total. The van der Waals surface area contributed by atoms with Crippen molar-refractivity contribution in [1.82, 2.24) is 47.3 Å². The van der Waals surface area contributed by atoms with E-state index in [4.69, 9.17) is 15.0 Å². The second kappa shape index (κ2) is 20.2. The number of fused-ring (bicyclic) bond motifs is 15. The molecular formula is C118H61N17+6. The van der Waals surface area contributed by atoms with Crippen molar-refractivity contribution in [3.05, 3.63) is 390 Å². The Hall–Kier alpha value is -17.8. The zero-order valence-electron chi connectivity index (χ0n) is 71.3. The molecule has 0 fully saturated rings. The summed E-state index contributed by atoms with van der Waals surface area (Å²) < 4.78 is 32.9. The van der Waals surface area contributed by atoms with Crippen LogP contribution in [0.2, 0.25) is 0 Å². The van der Waals surface area contributed by atoms with Gasteiger partial charge in [0.25, 0.3) is 33.1 Å². The minimum Gasteiger partial charge on any atom is -0.337 e. The van der Waals surface area contributed by atoms with E-state index < -0.39 is 17.7 Å². The van der Waals surface area contributed by atoms with Crippen LogP contribution in [0.1, 0.15) is 79.7 Å². The van der Waals surface area contributed by atoms with Gasteiger partial charge in [-0.2, -0.15) is 0 Å². The van der Waals surface area contributed by atoms with Gasteiger partial charge in [0.05, 0.1) is 139 Å². The average Bonchev–Trinajstić information content (AvgIpc) is 1.46. The van der Waals surface area contributed by atoms with E-state index in [0.717, 1.165) is 99.8 Å². The van der Waals surface area contributed by atoms with E-state index >= 15 is 0 Å². The van der Waals surface area contributed by atoms with Crippen molar-refractivity contribution < 1.29 is 27.4 Å². The summed E-state index contributed by atoms with van der Waals surface area (Å²) in [6.07, 6.45) is 0.583. The van der Waals surface area contributed by atoms with Gasteiger partial charge >= 0.3 is 17.7 Å². The fraction of sp³-hybridized carbons (Fsp3) is 0.0593. The van der Waals surface area contributed by atoms with Gasteiger partial charge in [-0.3, -0.25) is 4.99 Å². The first-order chi connectivity index (χ1) is 67.0. The van der Waals surface area contributed by atoms with Gasteiger partial charge < -0.3 is 9.97 Å². The zero-order chi connectivity index (χ0) is 85.5. The van der Waals surface area contributed by atoms with E-state index in [1.807, 2.05) is 0 Å². The number of para-hydroxylation sites is 6. The first-order valence-corrected chi connectivity index (χ1v) is 47.3. The Labute approximate surface area is 760 Å². The lowest BCUT2D eigenvalue weighted by molar-refractivity contribution is -0.965. The van der Waals surface area contributed by atoms with Crippen LogP contribution in [-0.2, 0) is 24.2 Å². The molecule has 17 heteroatoms. The number of hydrogen-bond donors (Lipinski definition) is 2. The van der Waals surface area contributed by atoms with Gasteiger partial charge in [-0.05, 0) is 155 Å². The summed E-state index contributed by atoms with van der Waals surface area (Å²) >= 11 is 0. The predicted octanol–water partition coefficient (Wildman–Crippen LogP) is 20.8. The molecule has 0 aliphatic carbocycles. The van der Waals surface area contributed by atoms with Crippen LogP contribution in [0.5, 0.6) is 0 Å². The van der Waals surface area contributed by atoms with E-state index in [2.05, 4.69) is 392 Å². The fourth-order valence-electron chi connectivity index (χ4n) is 30.4. The molecule has 0 bridgehead atoms. The molecule has 0 saturated heterocycles. The first-order valence-electron chi connectivity index (χ1n) is 47.3. The van der Waals surface area contributed by atoms with E-state index in [0.29, 0.717) is 6.42 Å². The SMILES string of the molecule is c1ccc(C2c3cc4cccc5c4n3C34n6c2cc2cccc(c26)-c2ccc6c7c(c8ccc-5[n+]3c8c6[n+]24)CC(c2cc(-c3nc4c5ccc6[n+]8c5c5c(ccc9[n+]5C85n8c(cc%10cccc-6c%108)C(c6ccccc6)c6cc8cccc-9c8n65)c4[nH]3)cc(-c3nc4c5ccc6[n+]8c5c5c(ccc9[n+]5C85n8c(cc%10cccc-6c%108)C(c6ccccc6)c6cc8cccc-9c8n65)c4[nH]3)c2)=N7)cc1. The number of rotatable bonds is 6. The molecule has 13 aromatic carbocycles. The van der Waals surface area contributed by atoms with Crippen molar-refractivity contribution in [2.75, 3.05) is 0 Å².